The van der Waals surface area contributed by atoms with Crippen LogP contribution >= 0.6 is 0 Å². The van der Waals surface area contributed by atoms with Gasteiger partial charge in [0.15, 0.2) is 0 Å². The van der Waals surface area contributed by atoms with Crippen LogP contribution in [0.1, 0.15) is 23.2 Å². The summed E-state index contributed by atoms with van der Waals surface area (Å²) in [4.78, 5) is 25.2. The molecule has 2 aliphatic rings. The van der Waals surface area contributed by atoms with Crippen molar-refractivity contribution >= 4 is 11.7 Å². The van der Waals surface area contributed by atoms with Crippen molar-refractivity contribution in [3.8, 4) is 0 Å². The van der Waals surface area contributed by atoms with Gasteiger partial charge >= 0.3 is 0 Å². The smallest absolute Gasteiger partial charge is 0.255 e. The molecule has 4 rings (SSSR count). The second kappa shape index (κ2) is 6.84. The summed E-state index contributed by atoms with van der Waals surface area (Å²) in [6.07, 6.45) is 9.15. The van der Waals surface area contributed by atoms with E-state index in [2.05, 4.69) is 14.5 Å². The van der Waals surface area contributed by atoms with Gasteiger partial charge in [0, 0.05) is 51.3 Å². The van der Waals surface area contributed by atoms with E-state index in [1.807, 2.05) is 34.5 Å². The molecule has 1 N–H and O–H groups in total. The number of imidazole rings is 1. The zero-order valence-electron chi connectivity index (χ0n) is 14.2. The highest BCUT2D eigenvalue weighted by Crippen LogP contribution is 2.22. The summed E-state index contributed by atoms with van der Waals surface area (Å²) in [6, 6.07) is 3.71. The van der Waals surface area contributed by atoms with Gasteiger partial charge in [-0.3, -0.25) is 4.79 Å². The number of pyridine rings is 1. The van der Waals surface area contributed by atoms with E-state index in [4.69, 9.17) is 0 Å². The molecule has 0 unspecified atom stereocenters. The molecular weight excluding hydrogens is 318 g/mol. The number of aliphatic hydroxyl groups excluding tert-OH is 1. The van der Waals surface area contributed by atoms with E-state index in [1.165, 1.54) is 0 Å². The van der Waals surface area contributed by atoms with E-state index < -0.39 is 0 Å². The third-order valence-electron chi connectivity index (χ3n) is 5.02. The number of piperidine rings is 1. The van der Waals surface area contributed by atoms with Crippen molar-refractivity contribution < 1.29 is 9.90 Å². The lowest BCUT2D eigenvalue weighted by Gasteiger charge is -2.37. The van der Waals surface area contributed by atoms with E-state index >= 15 is 0 Å². The van der Waals surface area contributed by atoms with Crippen LogP contribution in [0.25, 0.3) is 0 Å². The Balaban J connectivity index is 1.38. The molecule has 25 heavy (non-hydrogen) atoms. The van der Waals surface area contributed by atoms with Gasteiger partial charge in [-0.15, -0.1) is 0 Å². The largest absolute Gasteiger partial charge is 0.389 e. The van der Waals surface area contributed by atoms with Crippen LogP contribution in [-0.4, -0.2) is 62.7 Å². The zero-order chi connectivity index (χ0) is 17.2. The first-order valence-corrected chi connectivity index (χ1v) is 8.83. The molecular formula is C18H23N5O2. The molecule has 0 bridgehead atoms. The first-order chi connectivity index (χ1) is 12.2. The lowest BCUT2D eigenvalue weighted by atomic mass is 9.97. The molecule has 2 aliphatic heterocycles. The highest BCUT2D eigenvalue weighted by Gasteiger charge is 2.27. The Bertz CT molecular complexity index is 710. The maximum Gasteiger partial charge on any atom is 0.255 e. The summed E-state index contributed by atoms with van der Waals surface area (Å²) in [5.74, 6) is 1.33. The van der Waals surface area contributed by atoms with Crippen molar-refractivity contribution in [2.75, 3.05) is 31.1 Å². The van der Waals surface area contributed by atoms with Crippen LogP contribution in [0.15, 0.2) is 37.1 Å². The van der Waals surface area contributed by atoms with Gasteiger partial charge in [0.25, 0.3) is 5.91 Å². The molecule has 2 saturated heterocycles. The van der Waals surface area contributed by atoms with Gasteiger partial charge in [-0.05, 0) is 30.9 Å². The molecule has 4 heterocycles. The quantitative estimate of drug-likeness (QED) is 0.898. The molecule has 2 fully saturated rings. The SMILES string of the molecule is O=C(c1ccc(N2CC(O)C2)nc1)N1CCC[C@@H](Cn2ccnc2)C1. The van der Waals surface area contributed by atoms with E-state index in [0.29, 0.717) is 24.6 Å². The fraction of sp³-hybridized carbons (Fsp3) is 0.500. The van der Waals surface area contributed by atoms with Crippen LogP contribution < -0.4 is 4.90 Å². The van der Waals surface area contributed by atoms with Crippen LogP contribution in [0, 0.1) is 5.92 Å². The van der Waals surface area contributed by atoms with E-state index in [0.717, 1.165) is 38.3 Å². The third-order valence-corrected chi connectivity index (χ3v) is 5.02. The normalized spacial score (nSPS) is 21.2. The number of aliphatic hydroxyl groups is 1. The molecule has 0 aromatic carbocycles. The van der Waals surface area contributed by atoms with Gasteiger partial charge in [-0.1, -0.05) is 0 Å². The van der Waals surface area contributed by atoms with E-state index in [1.54, 1.807) is 12.4 Å². The molecule has 7 heteroatoms. The average Bonchev–Trinajstić information content (AvgIpc) is 3.12. The van der Waals surface area contributed by atoms with Gasteiger partial charge in [-0.25, -0.2) is 9.97 Å². The zero-order valence-corrected chi connectivity index (χ0v) is 14.2. The Morgan fingerprint density at radius 1 is 1.28 bits per heavy atom. The number of anilines is 1. The van der Waals surface area contributed by atoms with Crippen molar-refractivity contribution in [1.82, 2.24) is 19.4 Å². The number of carbonyl (C=O) groups is 1. The first-order valence-electron chi connectivity index (χ1n) is 8.83. The maximum absolute atomic E-state index is 12.8. The number of amides is 1. The monoisotopic (exact) mass is 341 g/mol. The molecule has 2 aromatic rings. The first kappa shape index (κ1) is 16.1. The number of hydrogen-bond acceptors (Lipinski definition) is 5. The van der Waals surface area contributed by atoms with Crippen molar-refractivity contribution in [1.29, 1.82) is 0 Å². The van der Waals surface area contributed by atoms with Crippen molar-refractivity contribution in [2.45, 2.75) is 25.5 Å². The summed E-state index contributed by atoms with van der Waals surface area (Å²) >= 11 is 0. The van der Waals surface area contributed by atoms with Crippen molar-refractivity contribution in [3.63, 3.8) is 0 Å². The Morgan fingerprint density at radius 3 is 2.84 bits per heavy atom. The minimum absolute atomic E-state index is 0.0537. The number of likely N-dealkylation sites (tertiary alicyclic amines) is 1. The van der Waals surface area contributed by atoms with E-state index in [-0.39, 0.29) is 12.0 Å². The van der Waals surface area contributed by atoms with Crippen LogP contribution in [0.3, 0.4) is 0 Å². The Morgan fingerprint density at radius 2 is 2.16 bits per heavy atom. The highest BCUT2D eigenvalue weighted by atomic mass is 16.3. The molecule has 2 aromatic heterocycles. The number of aromatic nitrogens is 3. The van der Waals surface area contributed by atoms with Crippen LogP contribution in [0.5, 0.6) is 0 Å². The second-order valence-corrected chi connectivity index (χ2v) is 6.98. The summed E-state index contributed by atoms with van der Waals surface area (Å²) in [6.45, 7) is 3.71. The second-order valence-electron chi connectivity index (χ2n) is 6.98. The van der Waals surface area contributed by atoms with Crippen molar-refractivity contribution in [3.05, 3.63) is 42.6 Å². The summed E-state index contributed by atoms with van der Waals surface area (Å²) in [7, 11) is 0. The highest BCUT2D eigenvalue weighted by molar-refractivity contribution is 5.94. The number of carbonyl (C=O) groups excluding carboxylic acids is 1. The third kappa shape index (κ3) is 3.51. The minimum atomic E-state index is -0.260. The standard InChI is InChI=1S/C18H23N5O2/c24-16-11-23(12-16)17-4-3-15(8-20-17)18(25)22-6-1-2-14(10-22)9-21-7-5-19-13-21/h3-5,7-8,13-14,16,24H,1-2,6,9-12H2/t14-/m0/s1. The lowest BCUT2D eigenvalue weighted by Crippen LogP contribution is -2.51. The minimum Gasteiger partial charge on any atom is -0.389 e. The van der Waals surface area contributed by atoms with Gasteiger partial charge < -0.3 is 19.5 Å². The fourth-order valence-electron chi connectivity index (χ4n) is 3.62. The topological polar surface area (TPSA) is 74.5 Å². The summed E-state index contributed by atoms with van der Waals surface area (Å²) in [5.41, 5.74) is 0.633. The van der Waals surface area contributed by atoms with Crippen LogP contribution in [-0.2, 0) is 6.54 Å². The van der Waals surface area contributed by atoms with Crippen LogP contribution in [0.2, 0.25) is 0 Å². The van der Waals surface area contributed by atoms with Gasteiger partial charge in [0.05, 0.1) is 18.0 Å². The Kier molecular flexibility index (Phi) is 4.40. The molecule has 7 nitrogen and oxygen atoms in total. The van der Waals surface area contributed by atoms with Crippen molar-refractivity contribution in [2.24, 2.45) is 5.92 Å². The van der Waals surface area contributed by atoms with E-state index in [9.17, 15) is 9.90 Å². The molecule has 0 aliphatic carbocycles. The number of hydrogen-bond donors (Lipinski definition) is 1. The Hall–Kier alpha value is -2.41. The average molecular weight is 341 g/mol. The molecule has 0 saturated carbocycles. The van der Waals surface area contributed by atoms with Gasteiger partial charge in [-0.2, -0.15) is 0 Å². The number of nitrogens with zero attached hydrogens (tertiary/aromatic N) is 5. The Labute approximate surface area is 146 Å². The predicted octanol–water partition coefficient (Wildman–Crippen LogP) is 1.01. The summed E-state index contributed by atoms with van der Waals surface area (Å²) < 4.78 is 2.08. The van der Waals surface area contributed by atoms with Gasteiger partial charge in [0.1, 0.15) is 5.82 Å². The summed E-state index contributed by atoms with van der Waals surface area (Å²) in [5, 5.41) is 9.37. The molecule has 1 amide bonds. The maximum atomic E-state index is 12.8. The molecule has 0 spiro atoms. The lowest BCUT2D eigenvalue weighted by molar-refractivity contribution is 0.0662. The van der Waals surface area contributed by atoms with Gasteiger partial charge in [0.2, 0.25) is 0 Å². The number of β-amino-alcohol motifs (C(OH)–C–C–N with tert-alkyl or cyclic N) is 1. The fourth-order valence-corrected chi connectivity index (χ4v) is 3.62. The van der Waals surface area contributed by atoms with Crippen LogP contribution in [0.4, 0.5) is 5.82 Å². The molecule has 0 radical (unpaired) electrons. The number of rotatable bonds is 4. The molecule has 132 valence electrons. The predicted molar refractivity (Wildman–Crippen MR) is 93.3 cm³/mol. The molecule has 1 atom stereocenters.